The molecule has 3 heteroatoms. The average molecular weight is 236 g/mol. The van der Waals surface area contributed by atoms with Crippen molar-refractivity contribution in [2.75, 3.05) is 13.1 Å². The Kier molecular flexibility index (Phi) is 4.13. The number of nitrogens with two attached hydrogens (primary N) is 1. The minimum atomic E-state index is -0.111. The summed E-state index contributed by atoms with van der Waals surface area (Å²) in [7, 11) is 0. The fourth-order valence-electron chi connectivity index (χ4n) is 2.54. The summed E-state index contributed by atoms with van der Waals surface area (Å²) in [4.78, 5) is 2.36. The van der Waals surface area contributed by atoms with Gasteiger partial charge in [-0.2, -0.15) is 0 Å². The van der Waals surface area contributed by atoms with Crippen LogP contribution in [0.2, 0.25) is 0 Å². The summed E-state index contributed by atoms with van der Waals surface area (Å²) in [6.07, 6.45) is 3.75. The molecule has 1 heterocycles. The van der Waals surface area contributed by atoms with E-state index in [4.69, 9.17) is 5.73 Å². The van der Waals surface area contributed by atoms with Crippen molar-refractivity contribution in [2.45, 2.75) is 38.8 Å². The molecular formula is C14H21FN2. The zero-order valence-electron chi connectivity index (χ0n) is 10.5. The van der Waals surface area contributed by atoms with E-state index in [2.05, 4.69) is 11.8 Å². The summed E-state index contributed by atoms with van der Waals surface area (Å²) < 4.78 is 13.8. The van der Waals surface area contributed by atoms with Crippen LogP contribution in [0.5, 0.6) is 0 Å². The Morgan fingerprint density at radius 3 is 2.65 bits per heavy atom. The minimum Gasteiger partial charge on any atom is -0.326 e. The van der Waals surface area contributed by atoms with Gasteiger partial charge < -0.3 is 5.73 Å². The van der Waals surface area contributed by atoms with Crippen LogP contribution in [-0.2, 0) is 6.54 Å². The van der Waals surface area contributed by atoms with Crippen molar-refractivity contribution in [1.82, 2.24) is 4.90 Å². The summed E-state index contributed by atoms with van der Waals surface area (Å²) in [5.74, 6) is -0.111. The zero-order valence-corrected chi connectivity index (χ0v) is 10.5. The first-order valence-corrected chi connectivity index (χ1v) is 6.45. The summed E-state index contributed by atoms with van der Waals surface area (Å²) in [6, 6.07) is 5.37. The van der Waals surface area contributed by atoms with E-state index >= 15 is 0 Å². The molecule has 94 valence electrons. The van der Waals surface area contributed by atoms with E-state index < -0.39 is 0 Å². The van der Waals surface area contributed by atoms with E-state index in [1.165, 1.54) is 25.3 Å². The molecule has 1 aliphatic heterocycles. The van der Waals surface area contributed by atoms with E-state index in [1.807, 2.05) is 6.07 Å². The molecule has 1 saturated heterocycles. The number of benzene rings is 1. The molecule has 2 nitrogen and oxygen atoms in total. The molecule has 17 heavy (non-hydrogen) atoms. The first kappa shape index (κ1) is 12.5. The molecule has 0 amide bonds. The summed E-state index contributed by atoms with van der Waals surface area (Å²) in [6.45, 7) is 4.71. The maximum absolute atomic E-state index is 13.8. The van der Waals surface area contributed by atoms with Crippen LogP contribution in [0.1, 0.15) is 43.4 Å². The number of halogens is 1. The van der Waals surface area contributed by atoms with Crippen molar-refractivity contribution in [3.8, 4) is 0 Å². The highest BCUT2D eigenvalue weighted by Crippen LogP contribution is 2.26. The molecule has 1 fully saturated rings. The Balaban J connectivity index is 2.19. The van der Waals surface area contributed by atoms with Crippen LogP contribution in [-0.4, -0.2) is 18.0 Å². The highest BCUT2D eigenvalue weighted by Gasteiger charge is 2.20. The average Bonchev–Trinajstić information content (AvgIpc) is 2.39. The van der Waals surface area contributed by atoms with Crippen LogP contribution in [0, 0.1) is 5.82 Å². The summed E-state index contributed by atoms with van der Waals surface area (Å²) in [5.41, 5.74) is 7.40. The molecule has 2 N–H and O–H groups in total. The van der Waals surface area contributed by atoms with Crippen molar-refractivity contribution >= 4 is 0 Å². The molecule has 0 aliphatic carbocycles. The first-order chi connectivity index (χ1) is 8.22. The number of rotatable bonds is 3. The molecule has 0 bridgehead atoms. The second kappa shape index (κ2) is 5.61. The van der Waals surface area contributed by atoms with Crippen LogP contribution in [0.4, 0.5) is 4.39 Å². The topological polar surface area (TPSA) is 29.3 Å². The molecule has 1 aliphatic rings. The second-order valence-corrected chi connectivity index (χ2v) is 4.83. The van der Waals surface area contributed by atoms with E-state index in [1.54, 1.807) is 6.07 Å². The Morgan fingerprint density at radius 2 is 2.00 bits per heavy atom. The number of likely N-dealkylation sites (tertiary alicyclic amines) is 1. The van der Waals surface area contributed by atoms with Gasteiger partial charge in [0.05, 0.1) is 0 Å². The third-order valence-electron chi connectivity index (χ3n) is 3.68. The van der Waals surface area contributed by atoms with E-state index in [0.29, 0.717) is 6.54 Å². The van der Waals surface area contributed by atoms with Crippen molar-refractivity contribution in [1.29, 1.82) is 0 Å². The Labute approximate surface area is 103 Å². The standard InChI is InChI=1S/C14H21FN2/c1-11(17-7-3-2-4-8-17)13-9-12(10-16)5-6-14(13)15/h5-6,9,11H,2-4,7-8,10,16H2,1H3. The lowest BCUT2D eigenvalue weighted by atomic mass is 10.0. The fourth-order valence-corrected chi connectivity index (χ4v) is 2.54. The molecule has 1 aromatic carbocycles. The van der Waals surface area contributed by atoms with Crippen molar-refractivity contribution in [3.05, 3.63) is 35.1 Å². The smallest absolute Gasteiger partial charge is 0.127 e. The van der Waals surface area contributed by atoms with Gasteiger partial charge in [-0.3, -0.25) is 4.90 Å². The predicted molar refractivity (Wildman–Crippen MR) is 68.1 cm³/mol. The van der Waals surface area contributed by atoms with Crippen LogP contribution in [0.3, 0.4) is 0 Å². The molecule has 0 saturated carbocycles. The predicted octanol–water partition coefficient (Wildman–Crippen LogP) is 2.83. The number of hydrogen-bond donors (Lipinski definition) is 1. The quantitative estimate of drug-likeness (QED) is 0.874. The molecule has 1 atom stereocenters. The lowest BCUT2D eigenvalue weighted by Gasteiger charge is -2.32. The van der Waals surface area contributed by atoms with Crippen molar-refractivity contribution < 1.29 is 4.39 Å². The van der Waals surface area contributed by atoms with Gasteiger partial charge in [0, 0.05) is 18.2 Å². The van der Waals surface area contributed by atoms with Crippen LogP contribution in [0.25, 0.3) is 0 Å². The third-order valence-corrected chi connectivity index (χ3v) is 3.68. The van der Waals surface area contributed by atoms with Crippen molar-refractivity contribution in [2.24, 2.45) is 5.73 Å². The molecule has 1 aromatic rings. The summed E-state index contributed by atoms with van der Waals surface area (Å²) >= 11 is 0. The van der Waals surface area contributed by atoms with Gasteiger partial charge >= 0.3 is 0 Å². The van der Waals surface area contributed by atoms with Gasteiger partial charge in [0.1, 0.15) is 5.82 Å². The minimum absolute atomic E-state index is 0.111. The highest BCUT2D eigenvalue weighted by atomic mass is 19.1. The Bertz CT molecular complexity index is 372. The second-order valence-electron chi connectivity index (χ2n) is 4.83. The maximum Gasteiger partial charge on any atom is 0.127 e. The van der Waals surface area contributed by atoms with E-state index in [9.17, 15) is 4.39 Å². The molecule has 0 radical (unpaired) electrons. The van der Waals surface area contributed by atoms with Crippen LogP contribution >= 0.6 is 0 Å². The molecule has 2 rings (SSSR count). The fraction of sp³-hybridized carbons (Fsp3) is 0.571. The van der Waals surface area contributed by atoms with Gasteiger partial charge in [-0.1, -0.05) is 18.6 Å². The van der Waals surface area contributed by atoms with E-state index in [0.717, 1.165) is 24.2 Å². The first-order valence-electron chi connectivity index (χ1n) is 6.45. The Hall–Kier alpha value is -0.930. The largest absolute Gasteiger partial charge is 0.326 e. The van der Waals surface area contributed by atoms with Crippen LogP contribution in [0.15, 0.2) is 18.2 Å². The molecular weight excluding hydrogens is 215 g/mol. The van der Waals surface area contributed by atoms with Gasteiger partial charge in [-0.25, -0.2) is 4.39 Å². The monoisotopic (exact) mass is 236 g/mol. The van der Waals surface area contributed by atoms with E-state index in [-0.39, 0.29) is 11.9 Å². The number of hydrogen-bond acceptors (Lipinski definition) is 2. The number of nitrogens with zero attached hydrogens (tertiary/aromatic N) is 1. The van der Waals surface area contributed by atoms with Gasteiger partial charge in [-0.15, -0.1) is 0 Å². The Morgan fingerprint density at radius 1 is 1.29 bits per heavy atom. The van der Waals surface area contributed by atoms with Crippen molar-refractivity contribution in [3.63, 3.8) is 0 Å². The van der Waals surface area contributed by atoms with Gasteiger partial charge in [0.2, 0.25) is 0 Å². The molecule has 1 unspecified atom stereocenters. The number of piperidine rings is 1. The van der Waals surface area contributed by atoms with Gasteiger partial charge in [0.15, 0.2) is 0 Å². The van der Waals surface area contributed by atoms with Gasteiger partial charge in [0.25, 0.3) is 0 Å². The maximum atomic E-state index is 13.8. The molecule has 0 aromatic heterocycles. The third kappa shape index (κ3) is 2.85. The lowest BCUT2D eigenvalue weighted by molar-refractivity contribution is 0.172. The molecule has 0 spiro atoms. The SMILES string of the molecule is CC(c1cc(CN)ccc1F)N1CCCCC1. The summed E-state index contributed by atoms with van der Waals surface area (Å²) in [5, 5.41) is 0. The normalized spacial score (nSPS) is 19.2. The van der Waals surface area contributed by atoms with Gasteiger partial charge in [-0.05, 0) is 44.5 Å². The zero-order chi connectivity index (χ0) is 12.3. The lowest BCUT2D eigenvalue weighted by Crippen LogP contribution is -2.32. The van der Waals surface area contributed by atoms with Crippen LogP contribution < -0.4 is 5.73 Å². The highest BCUT2D eigenvalue weighted by molar-refractivity contribution is 5.27.